The molecule has 0 radical (unpaired) electrons. The summed E-state index contributed by atoms with van der Waals surface area (Å²) in [6, 6.07) is 7.97. The molecule has 0 heterocycles. The summed E-state index contributed by atoms with van der Waals surface area (Å²) in [5, 5.41) is 3.37. The van der Waals surface area contributed by atoms with Crippen molar-refractivity contribution in [3.8, 4) is 0 Å². The lowest BCUT2D eigenvalue weighted by molar-refractivity contribution is -0.146. The number of benzene rings is 1. The molecule has 0 bridgehead atoms. The summed E-state index contributed by atoms with van der Waals surface area (Å²) in [6.07, 6.45) is 1.89. The molecule has 1 aromatic carbocycles. The number of aryl methyl sites for hydroxylation is 1. The number of carbonyl (C=O) groups is 1. The van der Waals surface area contributed by atoms with Crippen molar-refractivity contribution in [3.63, 3.8) is 0 Å². The quantitative estimate of drug-likeness (QED) is 0.767. The van der Waals surface area contributed by atoms with Crippen LogP contribution in [0.5, 0.6) is 0 Å². The van der Waals surface area contributed by atoms with Crippen LogP contribution in [0.25, 0.3) is 0 Å². The molecule has 0 aliphatic carbocycles. The van der Waals surface area contributed by atoms with E-state index in [1.807, 2.05) is 25.1 Å². The Morgan fingerprint density at radius 1 is 1.26 bits per heavy atom. The van der Waals surface area contributed by atoms with Gasteiger partial charge in [-0.2, -0.15) is 0 Å². The van der Waals surface area contributed by atoms with Gasteiger partial charge in [0.25, 0.3) is 0 Å². The first-order valence-electron chi connectivity index (χ1n) is 7.14. The molecule has 19 heavy (non-hydrogen) atoms. The number of esters is 1. The number of nitrogens with one attached hydrogen (secondary N) is 1. The van der Waals surface area contributed by atoms with Crippen molar-refractivity contribution in [3.05, 3.63) is 35.4 Å². The second-order valence-electron chi connectivity index (χ2n) is 4.71. The maximum atomic E-state index is 12.2. The average Bonchev–Trinajstić information content (AvgIpc) is 2.44. The van der Waals surface area contributed by atoms with Crippen molar-refractivity contribution in [1.29, 1.82) is 0 Å². The van der Waals surface area contributed by atoms with Crippen molar-refractivity contribution in [2.24, 2.45) is 0 Å². The van der Waals surface area contributed by atoms with E-state index in [9.17, 15) is 4.79 Å². The van der Waals surface area contributed by atoms with Gasteiger partial charge in [-0.05, 0) is 37.8 Å². The summed E-state index contributed by atoms with van der Waals surface area (Å²) in [6.45, 7) is 8.53. The van der Waals surface area contributed by atoms with Gasteiger partial charge in [0.1, 0.15) is 6.04 Å². The third-order valence-electron chi connectivity index (χ3n) is 3.33. The molecule has 0 aliphatic heterocycles. The Hall–Kier alpha value is -1.35. The first kappa shape index (κ1) is 15.7. The van der Waals surface area contributed by atoms with Gasteiger partial charge in [0.15, 0.2) is 0 Å². The molecule has 3 heteroatoms. The minimum Gasteiger partial charge on any atom is -0.465 e. The second-order valence-corrected chi connectivity index (χ2v) is 4.71. The van der Waals surface area contributed by atoms with Crippen LogP contribution in [0.15, 0.2) is 24.3 Å². The number of ether oxygens (including phenoxy) is 1. The van der Waals surface area contributed by atoms with Gasteiger partial charge >= 0.3 is 5.97 Å². The molecule has 3 nitrogen and oxygen atoms in total. The van der Waals surface area contributed by atoms with E-state index in [0.717, 1.165) is 18.4 Å². The summed E-state index contributed by atoms with van der Waals surface area (Å²) >= 11 is 0. The van der Waals surface area contributed by atoms with Crippen LogP contribution in [0.4, 0.5) is 0 Å². The minimum atomic E-state index is -0.369. The van der Waals surface area contributed by atoms with Gasteiger partial charge < -0.3 is 4.74 Å². The van der Waals surface area contributed by atoms with Crippen molar-refractivity contribution in [1.82, 2.24) is 5.32 Å². The fourth-order valence-corrected chi connectivity index (χ4v) is 2.05. The highest BCUT2D eigenvalue weighted by atomic mass is 16.5. The lowest BCUT2D eigenvalue weighted by Gasteiger charge is -2.23. The molecular weight excluding hydrogens is 238 g/mol. The fourth-order valence-electron chi connectivity index (χ4n) is 2.05. The number of carbonyl (C=O) groups excluding carboxylic acids is 1. The molecule has 0 amide bonds. The Labute approximate surface area is 116 Å². The van der Waals surface area contributed by atoms with E-state index in [1.165, 1.54) is 5.56 Å². The van der Waals surface area contributed by atoms with Gasteiger partial charge in [-0.15, -0.1) is 0 Å². The van der Waals surface area contributed by atoms with Gasteiger partial charge in [-0.25, -0.2) is 4.79 Å². The molecule has 1 N–H and O–H groups in total. The molecule has 2 unspecified atom stereocenters. The Kier molecular flexibility index (Phi) is 6.57. The SMILES string of the molecule is CCOC(=O)C(NC(C)CC)c1ccccc1CC. The van der Waals surface area contributed by atoms with Crippen LogP contribution in [0, 0.1) is 0 Å². The van der Waals surface area contributed by atoms with Crippen molar-refractivity contribution >= 4 is 5.97 Å². The van der Waals surface area contributed by atoms with Gasteiger partial charge in [-0.1, -0.05) is 38.1 Å². The summed E-state index contributed by atoms with van der Waals surface area (Å²) < 4.78 is 5.20. The first-order chi connectivity index (χ1) is 9.13. The lowest BCUT2D eigenvalue weighted by atomic mass is 9.97. The van der Waals surface area contributed by atoms with E-state index in [2.05, 4.69) is 32.2 Å². The largest absolute Gasteiger partial charge is 0.465 e. The van der Waals surface area contributed by atoms with E-state index in [-0.39, 0.29) is 18.1 Å². The Bertz CT molecular complexity index is 403. The Balaban J connectivity index is 3.03. The maximum absolute atomic E-state index is 12.2. The van der Waals surface area contributed by atoms with Gasteiger partial charge in [0, 0.05) is 6.04 Å². The Morgan fingerprint density at radius 2 is 1.95 bits per heavy atom. The molecule has 0 aliphatic rings. The monoisotopic (exact) mass is 263 g/mol. The van der Waals surface area contributed by atoms with Crippen molar-refractivity contribution in [2.45, 2.75) is 52.6 Å². The van der Waals surface area contributed by atoms with Gasteiger partial charge in [0.2, 0.25) is 0 Å². The zero-order valence-corrected chi connectivity index (χ0v) is 12.4. The summed E-state index contributed by atoms with van der Waals surface area (Å²) in [5.74, 6) is -0.191. The lowest BCUT2D eigenvalue weighted by Crippen LogP contribution is -2.36. The molecule has 2 atom stereocenters. The van der Waals surface area contributed by atoms with Crippen LogP contribution in [0.3, 0.4) is 0 Å². The molecule has 1 rings (SSSR count). The van der Waals surface area contributed by atoms with E-state index >= 15 is 0 Å². The van der Waals surface area contributed by atoms with Crippen LogP contribution in [-0.2, 0) is 16.0 Å². The Morgan fingerprint density at radius 3 is 2.53 bits per heavy atom. The fraction of sp³-hybridized carbons (Fsp3) is 0.562. The van der Waals surface area contributed by atoms with Crippen LogP contribution in [0.1, 0.15) is 51.3 Å². The molecule has 0 spiro atoms. The average molecular weight is 263 g/mol. The van der Waals surface area contributed by atoms with Crippen LogP contribution in [0.2, 0.25) is 0 Å². The summed E-state index contributed by atoms with van der Waals surface area (Å²) in [4.78, 5) is 12.2. The predicted octanol–water partition coefficient (Wildman–Crippen LogP) is 3.24. The second kappa shape index (κ2) is 7.95. The third kappa shape index (κ3) is 4.35. The highest BCUT2D eigenvalue weighted by molar-refractivity contribution is 5.78. The smallest absolute Gasteiger partial charge is 0.327 e. The standard InChI is InChI=1S/C16H25NO2/c1-5-12(4)17-15(16(18)19-7-3)14-11-9-8-10-13(14)6-2/h8-12,15,17H,5-7H2,1-4H3. The van der Waals surface area contributed by atoms with Crippen molar-refractivity contribution in [2.75, 3.05) is 6.61 Å². The number of rotatable bonds is 7. The van der Waals surface area contributed by atoms with Crippen LogP contribution >= 0.6 is 0 Å². The van der Waals surface area contributed by atoms with E-state index in [0.29, 0.717) is 6.61 Å². The molecule has 106 valence electrons. The molecule has 0 aromatic heterocycles. The van der Waals surface area contributed by atoms with Crippen LogP contribution < -0.4 is 5.32 Å². The predicted molar refractivity (Wildman–Crippen MR) is 78.1 cm³/mol. The van der Waals surface area contributed by atoms with Gasteiger partial charge in [0.05, 0.1) is 6.61 Å². The van der Waals surface area contributed by atoms with Crippen LogP contribution in [-0.4, -0.2) is 18.6 Å². The molecule has 0 fully saturated rings. The normalized spacial score (nSPS) is 13.9. The molecular formula is C16H25NO2. The number of hydrogen-bond donors (Lipinski definition) is 1. The maximum Gasteiger partial charge on any atom is 0.327 e. The van der Waals surface area contributed by atoms with E-state index < -0.39 is 0 Å². The van der Waals surface area contributed by atoms with Crippen molar-refractivity contribution < 1.29 is 9.53 Å². The highest BCUT2D eigenvalue weighted by Crippen LogP contribution is 2.21. The third-order valence-corrected chi connectivity index (χ3v) is 3.33. The zero-order valence-electron chi connectivity index (χ0n) is 12.4. The van der Waals surface area contributed by atoms with E-state index in [4.69, 9.17) is 4.74 Å². The first-order valence-corrected chi connectivity index (χ1v) is 7.14. The highest BCUT2D eigenvalue weighted by Gasteiger charge is 2.24. The van der Waals surface area contributed by atoms with E-state index in [1.54, 1.807) is 0 Å². The minimum absolute atomic E-state index is 0.191. The zero-order chi connectivity index (χ0) is 14.3. The number of hydrogen-bond acceptors (Lipinski definition) is 3. The molecule has 0 saturated carbocycles. The molecule has 1 aromatic rings. The summed E-state index contributed by atoms with van der Waals surface area (Å²) in [7, 11) is 0. The molecule has 0 saturated heterocycles. The topological polar surface area (TPSA) is 38.3 Å². The van der Waals surface area contributed by atoms with Gasteiger partial charge in [-0.3, -0.25) is 5.32 Å². The summed E-state index contributed by atoms with van der Waals surface area (Å²) in [5.41, 5.74) is 2.22.